The minimum absolute atomic E-state index is 0.0640. The summed E-state index contributed by atoms with van der Waals surface area (Å²) in [6, 6.07) is 15.7. The summed E-state index contributed by atoms with van der Waals surface area (Å²) in [6.45, 7) is 1.37. The van der Waals surface area contributed by atoms with Crippen LogP contribution in [0.4, 0.5) is 0 Å². The standard InChI is InChI=1S/C24H25N3O3/c28-23-16-26(12-13-27(23)19-8-4-5-9-19)24(29)18-10-11-21-20(15-18)25-22(30-21)14-17-6-2-1-3-7-17/h1-3,6-7,10-11,15,19H,4-5,8-9,12-14,16H2. The lowest BCUT2D eigenvalue weighted by molar-refractivity contribution is -0.137. The maximum Gasteiger partial charge on any atom is 0.254 e. The van der Waals surface area contributed by atoms with Gasteiger partial charge in [-0.3, -0.25) is 9.59 Å². The summed E-state index contributed by atoms with van der Waals surface area (Å²) in [5, 5.41) is 0. The van der Waals surface area contributed by atoms with Crippen molar-refractivity contribution >= 4 is 22.9 Å². The van der Waals surface area contributed by atoms with E-state index in [9.17, 15) is 9.59 Å². The van der Waals surface area contributed by atoms with Gasteiger partial charge in [0.15, 0.2) is 11.5 Å². The molecule has 1 aliphatic carbocycles. The number of rotatable bonds is 4. The van der Waals surface area contributed by atoms with Gasteiger partial charge >= 0.3 is 0 Å². The molecule has 0 bridgehead atoms. The first-order valence-corrected chi connectivity index (χ1v) is 10.7. The van der Waals surface area contributed by atoms with Gasteiger partial charge in [0, 0.05) is 31.1 Å². The highest BCUT2D eigenvalue weighted by Gasteiger charge is 2.33. The van der Waals surface area contributed by atoms with Crippen molar-refractivity contribution in [1.82, 2.24) is 14.8 Å². The van der Waals surface area contributed by atoms with Crippen molar-refractivity contribution in [3.63, 3.8) is 0 Å². The number of fused-ring (bicyclic) bond motifs is 1. The normalized spacial score (nSPS) is 17.8. The minimum Gasteiger partial charge on any atom is -0.440 e. The van der Waals surface area contributed by atoms with Crippen LogP contribution in [0.2, 0.25) is 0 Å². The first-order valence-electron chi connectivity index (χ1n) is 10.7. The van der Waals surface area contributed by atoms with E-state index >= 15 is 0 Å². The van der Waals surface area contributed by atoms with Crippen LogP contribution in [-0.2, 0) is 11.2 Å². The van der Waals surface area contributed by atoms with Crippen molar-refractivity contribution in [3.05, 3.63) is 65.5 Å². The summed E-state index contributed by atoms with van der Waals surface area (Å²) in [5.41, 5.74) is 3.01. The molecule has 30 heavy (non-hydrogen) atoms. The lowest BCUT2D eigenvalue weighted by Gasteiger charge is -2.37. The Hall–Kier alpha value is -3.15. The fourth-order valence-corrected chi connectivity index (χ4v) is 4.60. The SMILES string of the molecule is O=C(c1ccc2oc(Cc3ccccc3)nc2c1)N1CCN(C2CCCC2)C(=O)C1. The molecule has 1 saturated carbocycles. The second kappa shape index (κ2) is 7.94. The molecule has 0 atom stereocenters. The third-order valence-electron chi connectivity index (χ3n) is 6.19. The highest BCUT2D eigenvalue weighted by molar-refractivity contribution is 5.99. The fourth-order valence-electron chi connectivity index (χ4n) is 4.60. The van der Waals surface area contributed by atoms with E-state index in [2.05, 4.69) is 4.98 Å². The van der Waals surface area contributed by atoms with Crippen LogP contribution in [0.3, 0.4) is 0 Å². The van der Waals surface area contributed by atoms with Crippen molar-refractivity contribution in [2.45, 2.75) is 38.1 Å². The number of amides is 2. The van der Waals surface area contributed by atoms with Gasteiger partial charge in [0.05, 0.1) is 0 Å². The van der Waals surface area contributed by atoms with Gasteiger partial charge in [-0.1, -0.05) is 43.2 Å². The maximum absolute atomic E-state index is 13.0. The Morgan fingerprint density at radius 2 is 1.87 bits per heavy atom. The van der Waals surface area contributed by atoms with Crippen molar-refractivity contribution in [2.75, 3.05) is 19.6 Å². The van der Waals surface area contributed by atoms with E-state index in [0.717, 1.165) is 18.4 Å². The van der Waals surface area contributed by atoms with Gasteiger partial charge in [-0.2, -0.15) is 0 Å². The molecule has 1 saturated heterocycles. The van der Waals surface area contributed by atoms with Gasteiger partial charge in [-0.05, 0) is 36.6 Å². The molecule has 0 spiro atoms. The number of carbonyl (C=O) groups is 2. The van der Waals surface area contributed by atoms with E-state index in [1.54, 1.807) is 23.1 Å². The van der Waals surface area contributed by atoms with Crippen LogP contribution in [-0.4, -0.2) is 52.3 Å². The Bertz CT molecular complexity index is 1070. The summed E-state index contributed by atoms with van der Waals surface area (Å²) in [6.07, 6.45) is 5.18. The Morgan fingerprint density at radius 1 is 1.07 bits per heavy atom. The van der Waals surface area contributed by atoms with Crippen LogP contribution >= 0.6 is 0 Å². The Morgan fingerprint density at radius 3 is 2.63 bits per heavy atom. The summed E-state index contributed by atoms with van der Waals surface area (Å²) >= 11 is 0. The predicted molar refractivity (Wildman–Crippen MR) is 113 cm³/mol. The van der Waals surface area contributed by atoms with Gasteiger partial charge in [0.25, 0.3) is 5.91 Å². The molecule has 2 aliphatic rings. The number of oxazole rings is 1. The monoisotopic (exact) mass is 403 g/mol. The summed E-state index contributed by atoms with van der Waals surface area (Å²) < 4.78 is 5.84. The van der Waals surface area contributed by atoms with Crippen LogP contribution in [0.25, 0.3) is 11.1 Å². The van der Waals surface area contributed by atoms with Gasteiger partial charge in [0.1, 0.15) is 12.1 Å². The third-order valence-corrected chi connectivity index (χ3v) is 6.19. The van der Waals surface area contributed by atoms with Crippen LogP contribution in [0.5, 0.6) is 0 Å². The Balaban J connectivity index is 1.29. The smallest absolute Gasteiger partial charge is 0.254 e. The van der Waals surface area contributed by atoms with E-state index in [-0.39, 0.29) is 18.4 Å². The zero-order chi connectivity index (χ0) is 20.5. The van der Waals surface area contributed by atoms with Crippen LogP contribution < -0.4 is 0 Å². The highest BCUT2D eigenvalue weighted by Crippen LogP contribution is 2.26. The third kappa shape index (κ3) is 3.70. The molecule has 1 aromatic heterocycles. The second-order valence-corrected chi connectivity index (χ2v) is 8.20. The zero-order valence-corrected chi connectivity index (χ0v) is 16.9. The van der Waals surface area contributed by atoms with E-state index in [4.69, 9.17) is 4.42 Å². The Labute approximate surface area is 175 Å². The maximum atomic E-state index is 13.0. The molecule has 0 unspecified atom stereocenters. The number of hydrogen-bond donors (Lipinski definition) is 0. The molecule has 3 aromatic rings. The average molecular weight is 403 g/mol. The topological polar surface area (TPSA) is 66.7 Å². The van der Waals surface area contributed by atoms with Crippen molar-refractivity contribution in [3.8, 4) is 0 Å². The Kier molecular flexibility index (Phi) is 4.99. The summed E-state index contributed by atoms with van der Waals surface area (Å²) in [7, 11) is 0. The van der Waals surface area contributed by atoms with Gasteiger partial charge in [-0.25, -0.2) is 4.98 Å². The van der Waals surface area contributed by atoms with Crippen molar-refractivity contribution < 1.29 is 14.0 Å². The van der Waals surface area contributed by atoms with E-state index in [0.29, 0.717) is 48.1 Å². The molecule has 0 N–H and O–H groups in total. The molecule has 2 heterocycles. The molecule has 2 amide bonds. The van der Waals surface area contributed by atoms with E-state index < -0.39 is 0 Å². The van der Waals surface area contributed by atoms with Crippen molar-refractivity contribution in [1.29, 1.82) is 0 Å². The lowest BCUT2D eigenvalue weighted by atomic mass is 10.1. The summed E-state index contributed by atoms with van der Waals surface area (Å²) in [5.74, 6) is 0.569. The minimum atomic E-state index is -0.121. The molecule has 0 radical (unpaired) electrons. The number of carbonyl (C=O) groups excluding carboxylic acids is 2. The molecular weight excluding hydrogens is 378 g/mol. The van der Waals surface area contributed by atoms with Crippen LogP contribution in [0, 0.1) is 0 Å². The lowest BCUT2D eigenvalue weighted by Crippen LogP contribution is -2.54. The first-order chi connectivity index (χ1) is 14.7. The number of aromatic nitrogens is 1. The molecule has 6 nitrogen and oxygen atoms in total. The van der Waals surface area contributed by atoms with Crippen LogP contribution in [0.1, 0.15) is 47.5 Å². The quantitative estimate of drug-likeness (QED) is 0.667. The number of hydrogen-bond acceptors (Lipinski definition) is 4. The predicted octanol–water partition coefficient (Wildman–Crippen LogP) is 3.65. The fraction of sp³-hybridized carbons (Fsp3) is 0.375. The molecule has 5 rings (SSSR count). The molecular formula is C24H25N3O3. The average Bonchev–Trinajstić information content (AvgIpc) is 3.43. The highest BCUT2D eigenvalue weighted by atomic mass is 16.3. The second-order valence-electron chi connectivity index (χ2n) is 8.20. The molecule has 6 heteroatoms. The van der Waals surface area contributed by atoms with Crippen molar-refractivity contribution in [2.24, 2.45) is 0 Å². The van der Waals surface area contributed by atoms with Gasteiger partial charge < -0.3 is 14.2 Å². The summed E-state index contributed by atoms with van der Waals surface area (Å²) in [4.78, 5) is 33.8. The number of nitrogens with zero attached hydrogens (tertiary/aromatic N) is 3. The van der Waals surface area contributed by atoms with E-state index in [1.807, 2.05) is 35.2 Å². The molecule has 1 aliphatic heterocycles. The first kappa shape index (κ1) is 18.9. The van der Waals surface area contributed by atoms with Gasteiger partial charge in [0.2, 0.25) is 5.91 Å². The molecule has 154 valence electrons. The van der Waals surface area contributed by atoms with Gasteiger partial charge in [-0.15, -0.1) is 0 Å². The largest absolute Gasteiger partial charge is 0.440 e. The number of benzene rings is 2. The molecule has 2 aromatic carbocycles. The zero-order valence-electron chi connectivity index (χ0n) is 16.9. The molecule has 2 fully saturated rings. The van der Waals surface area contributed by atoms with E-state index in [1.165, 1.54) is 12.8 Å². The number of piperazine rings is 1. The van der Waals surface area contributed by atoms with Crippen LogP contribution in [0.15, 0.2) is 52.9 Å².